The lowest BCUT2D eigenvalue weighted by Crippen LogP contribution is -2.41. The second-order valence-corrected chi connectivity index (χ2v) is 4.51. The van der Waals surface area contributed by atoms with Crippen molar-refractivity contribution in [2.24, 2.45) is 0 Å². The summed E-state index contributed by atoms with van der Waals surface area (Å²) in [5, 5.41) is 3.41. The van der Waals surface area contributed by atoms with E-state index in [1.165, 1.54) is 0 Å². The average Bonchev–Trinajstić information content (AvgIpc) is 2.40. The third-order valence-corrected chi connectivity index (χ3v) is 3.06. The molecule has 0 spiro atoms. The van der Waals surface area contributed by atoms with Gasteiger partial charge in [0.25, 0.3) is 0 Å². The Morgan fingerprint density at radius 2 is 2.39 bits per heavy atom. The number of hydrogen-bond acceptors (Lipinski definition) is 5. The van der Waals surface area contributed by atoms with Gasteiger partial charge in [-0.25, -0.2) is 4.98 Å². The van der Waals surface area contributed by atoms with Gasteiger partial charge >= 0.3 is 0 Å². The van der Waals surface area contributed by atoms with Crippen molar-refractivity contribution >= 4 is 5.82 Å². The van der Waals surface area contributed by atoms with Gasteiger partial charge in [-0.2, -0.15) is 0 Å². The first-order valence-corrected chi connectivity index (χ1v) is 6.37. The minimum atomic E-state index is -0.00963. The summed E-state index contributed by atoms with van der Waals surface area (Å²) in [6, 6.07) is 2.09. The Morgan fingerprint density at radius 3 is 3.06 bits per heavy atom. The second kappa shape index (κ2) is 6.13. The highest BCUT2D eigenvalue weighted by Gasteiger charge is 2.27. The normalized spacial score (nSPS) is 21.8. The van der Waals surface area contributed by atoms with E-state index in [0.29, 0.717) is 25.6 Å². The van der Waals surface area contributed by atoms with Crippen LogP contribution in [0.15, 0.2) is 12.3 Å². The Morgan fingerprint density at radius 1 is 1.56 bits per heavy atom. The zero-order valence-electron chi connectivity index (χ0n) is 11.0. The maximum absolute atomic E-state index is 5.98. The molecule has 100 valence electrons. The van der Waals surface area contributed by atoms with Crippen LogP contribution in [0.4, 0.5) is 5.82 Å². The van der Waals surface area contributed by atoms with Crippen molar-refractivity contribution in [2.45, 2.75) is 26.0 Å². The average molecular weight is 251 g/mol. The minimum absolute atomic E-state index is 0.00963. The molecule has 0 saturated carbocycles. The summed E-state index contributed by atoms with van der Waals surface area (Å²) >= 11 is 0. The van der Waals surface area contributed by atoms with Gasteiger partial charge in [0.1, 0.15) is 11.9 Å². The van der Waals surface area contributed by atoms with Gasteiger partial charge in [0.15, 0.2) is 0 Å². The fraction of sp³-hybridized carbons (Fsp3) is 0.615. The van der Waals surface area contributed by atoms with Gasteiger partial charge in [-0.1, -0.05) is 6.92 Å². The van der Waals surface area contributed by atoms with Crippen LogP contribution in [0.2, 0.25) is 0 Å². The van der Waals surface area contributed by atoms with Crippen LogP contribution >= 0.6 is 0 Å². The van der Waals surface area contributed by atoms with Crippen molar-refractivity contribution in [3.05, 3.63) is 23.4 Å². The molecule has 0 amide bonds. The van der Waals surface area contributed by atoms with Crippen LogP contribution in [-0.2, 0) is 9.47 Å². The highest BCUT2D eigenvalue weighted by Crippen LogP contribution is 2.25. The number of nitrogen functional groups attached to an aromatic ring is 1. The van der Waals surface area contributed by atoms with Gasteiger partial charge in [0.05, 0.1) is 25.9 Å². The minimum Gasteiger partial charge on any atom is -0.383 e. The van der Waals surface area contributed by atoms with Gasteiger partial charge in [0, 0.05) is 11.8 Å². The molecule has 0 radical (unpaired) electrons. The highest BCUT2D eigenvalue weighted by atomic mass is 16.6. The number of likely N-dealkylation sites (N-methyl/N-ethyl adjacent to an activating group) is 1. The first-order chi connectivity index (χ1) is 8.72. The predicted molar refractivity (Wildman–Crippen MR) is 70.4 cm³/mol. The number of nitrogens with two attached hydrogens (primary N) is 1. The second-order valence-electron chi connectivity index (χ2n) is 4.51. The molecule has 1 aliphatic rings. The summed E-state index contributed by atoms with van der Waals surface area (Å²) in [6.45, 7) is 6.80. The molecule has 1 aliphatic heterocycles. The fourth-order valence-electron chi connectivity index (χ4n) is 2.21. The monoisotopic (exact) mass is 251 g/mol. The number of aromatic nitrogens is 1. The summed E-state index contributed by atoms with van der Waals surface area (Å²) < 4.78 is 11.2. The topological polar surface area (TPSA) is 69.4 Å². The fourth-order valence-corrected chi connectivity index (χ4v) is 2.21. The molecule has 1 aromatic heterocycles. The van der Waals surface area contributed by atoms with Crippen molar-refractivity contribution in [2.75, 3.05) is 32.1 Å². The predicted octanol–water partition coefficient (Wildman–Crippen LogP) is 1.04. The van der Waals surface area contributed by atoms with E-state index < -0.39 is 0 Å². The molecular weight excluding hydrogens is 230 g/mol. The van der Waals surface area contributed by atoms with Gasteiger partial charge in [-0.3, -0.25) is 0 Å². The first kappa shape index (κ1) is 13.3. The zero-order valence-corrected chi connectivity index (χ0v) is 11.0. The molecule has 0 aliphatic carbocycles. The van der Waals surface area contributed by atoms with Crippen molar-refractivity contribution < 1.29 is 9.47 Å². The molecule has 3 N–H and O–H groups in total. The first-order valence-electron chi connectivity index (χ1n) is 6.37. The maximum Gasteiger partial charge on any atom is 0.128 e. The number of ether oxygens (including phenoxy) is 2. The quantitative estimate of drug-likeness (QED) is 0.836. The smallest absolute Gasteiger partial charge is 0.128 e. The van der Waals surface area contributed by atoms with E-state index in [4.69, 9.17) is 15.2 Å². The van der Waals surface area contributed by atoms with E-state index >= 15 is 0 Å². The molecule has 5 nitrogen and oxygen atoms in total. The lowest BCUT2D eigenvalue weighted by molar-refractivity contribution is -0.102. The zero-order chi connectivity index (χ0) is 13.0. The van der Waals surface area contributed by atoms with Gasteiger partial charge < -0.3 is 20.5 Å². The summed E-state index contributed by atoms with van der Waals surface area (Å²) in [4.78, 5) is 4.22. The van der Waals surface area contributed by atoms with E-state index in [9.17, 15) is 0 Å². The lowest BCUT2D eigenvalue weighted by Gasteiger charge is -2.31. The molecule has 2 unspecified atom stereocenters. The summed E-state index contributed by atoms with van der Waals surface area (Å²) in [5.74, 6) is 0.556. The van der Waals surface area contributed by atoms with E-state index in [-0.39, 0.29) is 12.1 Å². The van der Waals surface area contributed by atoms with Crippen LogP contribution in [0.1, 0.15) is 24.1 Å². The summed E-state index contributed by atoms with van der Waals surface area (Å²) in [7, 11) is 0. The molecule has 1 saturated heterocycles. The Labute approximate surface area is 108 Å². The number of pyridine rings is 1. The number of nitrogens with one attached hydrogen (secondary N) is 1. The van der Waals surface area contributed by atoms with E-state index in [1.807, 2.05) is 6.92 Å². The highest BCUT2D eigenvalue weighted by molar-refractivity contribution is 5.43. The van der Waals surface area contributed by atoms with Gasteiger partial charge in [-0.05, 0) is 25.1 Å². The van der Waals surface area contributed by atoms with Crippen molar-refractivity contribution in [1.29, 1.82) is 0 Å². The Bertz CT molecular complexity index is 392. The number of anilines is 1. The Balaban J connectivity index is 2.24. The van der Waals surface area contributed by atoms with Gasteiger partial charge in [0.2, 0.25) is 0 Å². The Hall–Kier alpha value is -1.17. The van der Waals surface area contributed by atoms with Crippen molar-refractivity contribution in [3.8, 4) is 0 Å². The molecule has 2 atom stereocenters. The van der Waals surface area contributed by atoms with Crippen molar-refractivity contribution in [1.82, 2.24) is 10.3 Å². The van der Waals surface area contributed by atoms with E-state index in [2.05, 4.69) is 23.3 Å². The number of aryl methyl sites for hydroxylation is 1. The molecule has 5 heteroatoms. The molecular formula is C13H21N3O2. The number of nitrogens with zero attached hydrogens (tertiary/aromatic N) is 1. The largest absolute Gasteiger partial charge is 0.383 e. The third-order valence-electron chi connectivity index (χ3n) is 3.06. The number of rotatable bonds is 4. The van der Waals surface area contributed by atoms with Gasteiger partial charge in [-0.15, -0.1) is 0 Å². The van der Waals surface area contributed by atoms with E-state index in [0.717, 1.165) is 17.7 Å². The van der Waals surface area contributed by atoms with Crippen LogP contribution in [0.3, 0.4) is 0 Å². The van der Waals surface area contributed by atoms with Crippen LogP contribution in [0.25, 0.3) is 0 Å². The van der Waals surface area contributed by atoms with Crippen LogP contribution in [0.5, 0.6) is 0 Å². The summed E-state index contributed by atoms with van der Waals surface area (Å²) in [5.41, 5.74) is 8.07. The molecule has 2 heterocycles. The van der Waals surface area contributed by atoms with Crippen LogP contribution in [0, 0.1) is 6.92 Å². The third kappa shape index (κ3) is 2.98. The summed E-state index contributed by atoms with van der Waals surface area (Å²) in [6.07, 6.45) is 1.77. The Kier molecular flexibility index (Phi) is 4.52. The molecule has 0 aromatic carbocycles. The molecule has 1 aromatic rings. The molecule has 2 rings (SSSR count). The maximum atomic E-state index is 5.98. The van der Waals surface area contributed by atoms with Crippen LogP contribution < -0.4 is 11.1 Å². The SMILES string of the molecule is CCNC(c1cc(C)cnc1N)C1COCCO1. The molecule has 1 fully saturated rings. The molecule has 0 bridgehead atoms. The van der Waals surface area contributed by atoms with Crippen molar-refractivity contribution in [3.63, 3.8) is 0 Å². The lowest BCUT2D eigenvalue weighted by atomic mass is 10.0. The standard InChI is InChI=1S/C13H21N3O2/c1-3-15-12(11-8-17-4-5-18-11)10-6-9(2)7-16-13(10)14/h6-7,11-12,15H,3-5,8H2,1-2H3,(H2,14,16). The van der Waals surface area contributed by atoms with Crippen LogP contribution in [-0.4, -0.2) is 37.5 Å². The molecule has 18 heavy (non-hydrogen) atoms. The number of hydrogen-bond donors (Lipinski definition) is 2. The van der Waals surface area contributed by atoms with E-state index in [1.54, 1.807) is 6.20 Å².